The number of carbonyl (C=O) groups excluding carboxylic acids is 2. The van der Waals surface area contributed by atoms with Gasteiger partial charge in [0.25, 0.3) is 11.8 Å². The molecule has 0 aliphatic heterocycles. The molecule has 2 aromatic carbocycles. The Labute approximate surface area is 160 Å². The Bertz CT molecular complexity index is 1120. The van der Waals surface area contributed by atoms with E-state index in [4.69, 9.17) is 0 Å². The third-order valence-corrected chi connectivity index (χ3v) is 4.16. The van der Waals surface area contributed by atoms with Crippen molar-refractivity contribution in [1.29, 1.82) is 0 Å². The molecule has 0 spiro atoms. The molecule has 0 unspecified atom stereocenters. The van der Waals surface area contributed by atoms with Crippen molar-refractivity contribution in [2.75, 3.05) is 0 Å². The molecule has 138 valence electrons. The van der Waals surface area contributed by atoms with E-state index >= 15 is 0 Å². The number of nitrogens with zero attached hydrogens (tertiary/aromatic N) is 4. The summed E-state index contributed by atoms with van der Waals surface area (Å²) in [5, 5.41) is 8.29. The fraction of sp³-hybridized carbons (Fsp3) is 0.0500. The van der Waals surface area contributed by atoms with Crippen LogP contribution in [-0.2, 0) is 6.54 Å². The fourth-order valence-electron chi connectivity index (χ4n) is 2.72. The molecule has 0 radical (unpaired) electrons. The fourth-order valence-corrected chi connectivity index (χ4v) is 2.72. The maximum atomic E-state index is 12.2. The molecule has 4 aromatic rings. The summed E-state index contributed by atoms with van der Waals surface area (Å²) in [6, 6.07) is 19.7. The van der Waals surface area contributed by atoms with E-state index in [1.165, 1.54) is 6.20 Å². The lowest BCUT2D eigenvalue weighted by atomic mass is 10.1. The van der Waals surface area contributed by atoms with Gasteiger partial charge >= 0.3 is 0 Å². The molecular formula is C20H16N6O2. The summed E-state index contributed by atoms with van der Waals surface area (Å²) >= 11 is 0. The third kappa shape index (κ3) is 3.70. The van der Waals surface area contributed by atoms with Gasteiger partial charge in [-0.15, -0.1) is 5.10 Å². The number of carbonyl (C=O) groups is 2. The molecule has 2 amide bonds. The second kappa shape index (κ2) is 7.67. The van der Waals surface area contributed by atoms with Crippen LogP contribution in [0.1, 0.15) is 26.4 Å². The highest BCUT2D eigenvalue weighted by atomic mass is 16.2. The number of aromatic nitrogens is 4. The Morgan fingerprint density at radius 3 is 2.39 bits per heavy atom. The number of fused-ring (bicyclic) bond motifs is 1. The molecule has 0 fully saturated rings. The number of para-hydroxylation sites is 1. The quantitative estimate of drug-likeness (QED) is 0.533. The first-order chi connectivity index (χ1) is 13.7. The van der Waals surface area contributed by atoms with E-state index in [9.17, 15) is 9.59 Å². The van der Waals surface area contributed by atoms with E-state index in [1.54, 1.807) is 35.0 Å². The second-order valence-corrected chi connectivity index (χ2v) is 6.06. The van der Waals surface area contributed by atoms with Crippen molar-refractivity contribution in [2.45, 2.75) is 6.54 Å². The van der Waals surface area contributed by atoms with E-state index in [2.05, 4.69) is 26.1 Å². The van der Waals surface area contributed by atoms with E-state index < -0.39 is 11.8 Å². The average molecular weight is 372 g/mol. The third-order valence-electron chi connectivity index (χ3n) is 4.16. The number of hydrogen-bond donors (Lipinski definition) is 2. The van der Waals surface area contributed by atoms with Crippen LogP contribution < -0.4 is 10.9 Å². The van der Waals surface area contributed by atoms with E-state index in [0.29, 0.717) is 12.1 Å². The zero-order valence-electron chi connectivity index (χ0n) is 14.7. The molecule has 4 rings (SSSR count). The number of pyridine rings is 1. The highest BCUT2D eigenvalue weighted by Gasteiger charge is 2.10. The first kappa shape index (κ1) is 17.3. The predicted octanol–water partition coefficient (Wildman–Crippen LogP) is 1.95. The standard InChI is InChI=1S/C20H16N6O2/c27-19(23-24-20(28)17-6-3-4-12-21-17)15-10-8-14(9-11-15)13-26-18-7-2-1-5-16(18)22-25-26/h1-12H,13H2,(H,23,27)(H,24,28). The minimum atomic E-state index is -0.483. The first-order valence-electron chi connectivity index (χ1n) is 8.59. The number of rotatable bonds is 4. The number of nitrogens with one attached hydrogen (secondary N) is 2. The molecule has 2 heterocycles. The first-order valence-corrected chi connectivity index (χ1v) is 8.59. The molecule has 8 nitrogen and oxygen atoms in total. The Hall–Kier alpha value is -4.07. The van der Waals surface area contributed by atoms with Gasteiger partial charge in [-0.25, -0.2) is 4.68 Å². The molecule has 28 heavy (non-hydrogen) atoms. The van der Waals surface area contributed by atoms with Gasteiger partial charge in [0.15, 0.2) is 0 Å². The van der Waals surface area contributed by atoms with Crippen molar-refractivity contribution in [3.05, 3.63) is 89.7 Å². The van der Waals surface area contributed by atoms with E-state index in [1.807, 2.05) is 36.4 Å². The van der Waals surface area contributed by atoms with Crippen molar-refractivity contribution in [2.24, 2.45) is 0 Å². The van der Waals surface area contributed by atoms with Gasteiger partial charge in [-0.2, -0.15) is 0 Å². The maximum Gasteiger partial charge on any atom is 0.288 e. The predicted molar refractivity (Wildman–Crippen MR) is 102 cm³/mol. The molecule has 2 aromatic heterocycles. The summed E-state index contributed by atoms with van der Waals surface area (Å²) in [5.41, 5.74) is 8.13. The van der Waals surface area contributed by atoms with Crippen LogP contribution in [-0.4, -0.2) is 31.8 Å². The molecule has 0 saturated heterocycles. The van der Waals surface area contributed by atoms with Gasteiger partial charge < -0.3 is 0 Å². The summed E-state index contributed by atoms with van der Waals surface area (Å²) < 4.78 is 1.80. The maximum absolute atomic E-state index is 12.2. The molecule has 0 atom stereocenters. The smallest absolute Gasteiger partial charge is 0.267 e. The zero-order chi connectivity index (χ0) is 19.3. The van der Waals surface area contributed by atoms with Gasteiger partial charge in [0.2, 0.25) is 0 Å². The monoisotopic (exact) mass is 372 g/mol. The van der Waals surface area contributed by atoms with Crippen LogP contribution in [0, 0.1) is 0 Å². The molecule has 0 bridgehead atoms. The van der Waals surface area contributed by atoms with Crippen molar-refractivity contribution >= 4 is 22.8 Å². The van der Waals surface area contributed by atoms with Gasteiger partial charge in [0.05, 0.1) is 12.1 Å². The Kier molecular flexibility index (Phi) is 4.75. The van der Waals surface area contributed by atoms with E-state index in [0.717, 1.165) is 16.6 Å². The van der Waals surface area contributed by atoms with Crippen LogP contribution in [0.4, 0.5) is 0 Å². The van der Waals surface area contributed by atoms with Crippen LogP contribution in [0.25, 0.3) is 11.0 Å². The van der Waals surface area contributed by atoms with Gasteiger partial charge in [0, 0.05) is 11.8 Å². The summed E-state index contributed by atoms with van der Waals surface area (Å²) in [5.74, 6) is -0.898. The highest BCUT2D eigenvalue weighted by Crippen LogP contribution is 2.12. The normalized spacial score (nSPS) is 10.6. The average Bonchev–Trinajstić information content (AvgIpc) is 3.16. The van der Waals surface area contributed by atoms with Crippen molar-refractivity contribution < 1.29 is 9.59 Å². The molecular weight excluding hydrogens is 356 g/mol. The van der Waals surface area contributed by atoms with Crippen LogP contribution >= 0.6 is 0 Å². The molecule has 0 aliphatic carbocycles. The minimum Gasteiger partial charge on any atom is -0.267 e. The molecule has 8 heteroatoms. The Balaban J connectivity index is 1.38. The number of hydrazine groups is 1. The van der Waals surface area contributed by atoms with Gasteiger partial charge in [0.1, 0.15) is 11.2 Å². The summed E-state index contributed by atoms with van der Waals surface area (Å²) in [6.07, 6.45) is 1.51. The summed E-state index contributed by atoms with van der Waals surface area (Å²) in [4.78, 5) is 28.0. The van der Waals surface area contributed by atoms with Crippen LogP contribution in [0.3, 0.4) is 0 Å². The van der Waals surface area contributed by atoms with Crippen LogP contribution in [0.2, 0.25) is 0 Å². The van der Waals surface area contributed by atoms with Crippen molar-refractivity contribution in [3.8, 4) is 0 Å². The molecule has 0 saturated carbocycles. The van der Waals surface area contributed by atoms with Crippen molar-refractivity contribution in [3.63, 3.8) is 0 Å². The van der Waals surface area contributed by atoms with E-state index in [-0.39, 0.29) is 5.69 Å². The van der Waals surface area contributed by atoms with Crippen molar-refractivity contribution in [1.82, 2.24) is 30.8 Å². The Morgan fingerprint density at radius 2 is 1.61 bits per heavy atom. The summed E-state index contributed by atoms with van der Waals surface area (Å²) in [6.45, 7) is 0.541. The molecule has 0 aliphatic rings. The lowest BCUT2D eigenvalue weighted by Gasteiger charge is -2.08. The largest absolute Gasteiger partial charge is 0.288 e. The second-order valence-electron chi connectivity index (χ2n) is 6.06. The lowest BCUT2D eigenvalue weighted by Crippen LogP contribution is -2.41. The molecule has 2 N–H and O–H groups in total. The zero-order valence-corrected chi connectivity index (χ0v) is 14.7. The Morgan fingerprint density at radius 1 is 0.857 bits per heavy atom. The topological polar surface area (TPSA) is 102 Å². The highest BCUT2D eigenvalue weighted by molar-refractivity contribution is 5.98. The number of benzene rings is 2. The van der Waals surface area contributed by atoms with Crippen LogP contribution in [0.15, 0.2) is 72.9 Å². The van der Waals surface area contributed by atoms with Gasteiger partial charge in [-0.3, -0.25) is 25.4 Å². The number of amides is 2. The summed E-state index contributed by atoms with van der Waals surface area (Å²) in [7, 11) is 0. The van der Waals surface area contributed by atoms with Gasteiger partial charge in [-0.05, 0) is 42.0 Å². The minimum absolute atomic E-state index is 0.221. The number of hydrogen-bond acceptors (Lipinski definition) is 5. The lowest BCUT2D eigenvalue weighted by molar-refractivity contribution is 0.0844. The van der Waals surface area contributed by atoms with Crippen LogP contribution in [0.5, 0.6) is 0 Å². The SMILES string of the molecule is O=C(NNC(=O)c1ccccn1)c1ccc(Cn2nnc3ccccc32)cc1. The van der Waals surface area contributed by atoms with Gasteiger partial charge in [-0.1, -0.05) is 35.5 Å².